The molecule has 3 N–H and O–H groups in total. The number of hydrogen-bond donors (Lipinski definition) is 3. The maximum Gasteiger partial charge on any atom is 0.416 e. The molecule has 0 atom stereocenters. The molecule has 12 heteroatoms. The summed E-state index contributed by atoms with van der Waals surface area (Å²) in [6, 6.07) is 13.6. The van der Waals surface area contributed by atoms with Gasteiger partial charge in [-0.15, -0.1) is 0 Å². The maximum atomic E-state index is 12.9. The van der Waals surface area contributed by atoms with Crippen LogP contribution in [0.25, 0.3) is 11.2 Å². The molecule has 0 spiro atoms. The van der Waals surface area contributed by atoms with E-state index in [4.69, 9.17) is 0 Å². The smallest absolute Gasteiger partial charge is 0.416 e. The highest BCUT2D eigenvalue weighted by molar-refractivity contribution is 5.84. The van der Waals surface area contributed by atoms with Crippen LogP contribution in [-0.2, 0) is 19.1 Å². The van der Waals surface area contributed by atoms with Crippen LogP contribution in [0.15, 0.2) is 73.4 Å². The third kappa shape index (κ3) is 5.74. The molecule has 0 saturated carbocycles. The lowest BCUT2D eigenvalue weighted by Gasteiger charge is -2.11. The summed E-state index contributed by atoms with van der Waals surface area (Å²) in [5.41, 5.74) is 2.01. The predicted octanol–water partition coefficient (Wildman–Crippen LogP) is 4.79. The predicted molar refractivity (Wildman–Crippen MR) is 131 cm³/mol. The van der Waals surface area contributed by atoms with Crippen molar-refractivity contribution < 1.29 is 18.3 Å². The molecule has 2 aromatic carbocycles. The molecule has 0 saturated heterocycles. The van der Waals surface area contributed by atoms with Gasteiger partial charge in [0.1, 0.15) is 17.9 Å². The number of fused-ring (bicyclic) bond motifs is 1. The van der Waals surface area contributed by atoms with Crippen molar-refractivity contribution in [3.8, 4) is 5.75 Å². The average Bonchev–Trinajstić information content (AvgIpc) is 3.28. The van der Waals surface area contributed by atoms with Crippen molar-refractivity contribution >= 4 is 28.7 Å². The van der Waals surface area contributed by atoms with Crippen LogP contribution in [0, 0.1) is 0 Å². The Balaban J connectivity index is 1.43. The summed E-state index contributed by atoms with van der Waals surface area (Å²) in [6.45, 7) is 0.807. The van der Waals surface area contributed by atoms with E-state index in [9.17, 15) is 18.3 Å². The molecule has 3 heterocycles. The van der Waals surface area contributed by atoms with Crippen molar-refractivity contribution in [3.63, 3.8) is 0 Å². The highest BCUT2D eigenvalue weighted by Crippen LogP contribution is 2.29. The number of nitrogens with zero attached hydrogens (tertiary/aromatic N) is 6. The zero-order valence-corrected chi connectivity index (χ0v) is 19.3. The number of nitrogens with one attached hydrogen (secondary N) is 2. The Morgan fingerprint density at radius 3 is 2.35 bits per heavy atom. The van der Waals surface area contributed by atoms with Gasteiger partial charge in [0.15, 0.2) is 17.0 Å². The van der Waals surface area contributed by atoms with E-state index < -0.39 is 11.7 Å². The number of aromatic nitrogens is 6. The molecule has 0 aliphatic rings. The van der Waals surface area contributed by atoms with Crippen LogP contribution in [0.4, 0.5) is 30.8 Å². The van der Waals surface area contributed by atoms with Gasteiger partial charge in [0, 0.05) is 12.7 Å². The number of alkyl halides is 3. The molecule has 0 amide bonds. The van der Waals surface area contributed by atoms with Gasteiger partial charge in [0.2, 0.25) is 5.95 Å². The van der Waals surface area contributed by atoms with Crippen molar-refractivity contribution in [2.75, 3.05) is 17.2 Å². The quantitative estimate of drug-likeness (QED) is 0.275. The van der Waals surface area contributed by atoms with Gasteiger partial charge in [0.05, 0.1) is 18.4 Å². The molecule has 0 aliphatic heterocycles. The molecule has 9 nitrogen and oxygen atoms in total. The van der Waals surface area contributed by atoms with Gasteiger partial charge in [0.25, 0.3) is 0 Å². The number of imidazole rings is 1. The summed E-state index contributed by atoms with van der Waals surface area (Å²) in [4.78, 5) is 21.7. The van der Waals surface area contributed by atoms with Gasteiger partial charge >= 0.3 is 6.18 Å². The minimum atomic E-state index is -4.39. The van der Waals surface area contributed by atoms with Crippen LogP contribution >= 0.6 is 0 Å². The SMILES string of the molecule is Oc1ccc(CCNc2nc(Nc3ccncn3)nc3c2ncn3Cc2ccc(C(F)(F)F)cc2)cc1. The summed E-state index contributed by atoms with van der Waals surface area (Å²) in [6.07, 6.45) is 0.838. The number of phenolic OH excluding ortho intramolecular Hbond substituents is 1. The molecule has 0 radical (unpaired) electrons. The maximum absolute atomic E-state index is 12.9. The number of anilines is 3. The lowest BCUT2D eigenvalue weighted by Crippen LogP contribution is -2.10. The highest BCUT2D eigenvalue weighted by Gasteiger charge is 2.30. The third-order valence-corrected chi connectivity index (χ3v) is 5.56. The van der Waals surface area contributed by atoms with E-state index in [1.165, 1.54) is 18.5 Å². The number of phenols is 1. The molecule has 0 aliphatic carbocycles. The third-order valence-electron chi connectivity index (χ3n) is 5.56. The number of hydrogen-bond acceptors (Lipinski definition) is 8. The van der Waals surface area contributed by atoms with Crippen molar-refractivity contribution in [3.05, 3.63) is 90.1 Å². The van der Waals surface area contributed by atoms with Gasteiger partial charge in [-0.25, -0.2) is 15.0 Å². The van der Waals surface area contributed by atoms with E-state index in [-0.39, 0.29) is 18.2 Å². The first kappa shape index (κ1) is 24.0. The number of rotatable bonds is 8. The Kier molecular flexibility index (Phi) is 6.54. The number of halogens is 3. The van der Waals surface area contributed by atoms with E-state index >= 15 is 0 Å². The molecule has 5 rings (SSSR count). The van der Waals surface area contributed by atoms with E-state index in [2.05, 4.69) is 35.6 Å². The molecule has 0 fully saturated rings. The summed E-state index contributed by atoms with van der Waals surface area (Å²) < 4.78 is 40.5. The minimum Gasteiger partial charge on any atom is -0.508 e. The lowest BCUT2D eigenvalue weighted by atomic mass is 10.1. The molecular weight excluding hydrogens is 485 g/mol. The summed E-state index contributed by atoms with van der Waals surface area (Å²) >= 11 is 0. The number of aromatic hydroxyl groups is 1. The fourth-order valence-corrected chi connectivity index (χ4v) is 3.70. The molecule has 0 bridgehead atoms. The molecule has 188 valence electrons. The van der Waals surface area contributed by atoms with Crippen molar-refractivity contribution in [1.29, 1.82) is 0 Å². The van der Waals surface area contributed by atoms with Crippen molar-refractivity contribution in [1.82, 2.24) is 29.5 Å². The molecule has 0 unspecified atom stereocenters. The molecular formula is C25H21F3N8O. The Morgan fingerprint density at radius 1 is 0.892 bits per heavy atom. The second-order valence-electron chi connectivity index (χ2n) is 8.20. The summed E-state index contributed by atoms with van der Waals surface area (Å²) in [5.74, 6) is 1.46. The largest absolute Gasteiger partial charge is 0.508 e. The fourth-order valence-electron chi connectivity index (χ4n) is 3.70. The molecule has 3 aromatic heterocycles. The Morgan fingerprint density at radius 2 is 1.65 bits per heavy atom. The zero-order valence-electron chi connectivity index (χ0n) is 19.3. The normalized spacial score (nSPS) is 11.5. The lowest BCUT2D eigenvalue weighted by molar-refractivity contribution is -0.137. The van der Waals surface area contributed by atoms with Crippen LogP contribution < -0.4 is 10.6 Å². The van der Waals surface area contributed by atoms with Gasteiger partial charge < -0.3 is 20.3 Å². The average molecular weight is 506 g/mol. The van der Waals surface area contributed by atoms with E-state index in [1.54, 1.807) is 35.3 Å². The van der Waals surface area contributed by atoms with E-state index in [1.807, 2.05) is 12.1 Å². The summed E-state index contributed by atoms with van der Waals surface area (Å²) in [7, 11) is 0. The Hall–Kier alpha value is -4.74. The first-order valence-electron chi connectivity index (χ1n) is 11.3. The second-order valence-corrected chi connectivity index (χ2v) is 8.20. The Bertz CT molecular complexity index is 1490. The first-order valence-corrected chi connectivity index (χ1v) is 11.3. The van der Waals surface area contributed by atoms with Gasteiger partial charge in [-0.05, 0) is 47.9 Å². The second kappa shape index (κ2) is 10.1. The van der Waals surface area contributed by atoms with Crippen LogP contribution in [0.1, 0.15) is 16.7 Å². The van der Waals surface area contributed by atoms with Gasteiger partial charge in [-0.1, -0.05) is 24.3 Å². The van der Waals surface area contributed by atoms with Crippen molar-refractivity contribution in [2.45, 2.75) is 19.1 Å². The summed E-state index contributed by atoms with van der Waals surface area (Å²) in [5, 5.41) is 15.8. The highest BCUT2D eigenvalue weighted by atomic mass is 19.4. The van der Waals surface area contributed by atoms with Gasteiger partial charge in [-0.3, -0.25) is 0 Å². The van der Waals surface area contributed by atoms with E-state index in [0.29, 0.717) is 41.3 Å². The van der Waals surface area contributed by atoms with Crippen LogP contribution in [-0.4, -0.2) is 41.1 Å². The minimum absolute atomic E-state index is 0.202. The Labute approximate surface area is 209 Å². The van der Waals surface area contributed by atoms with E-state index in [0.717, 1.165) is 17.7 Å². The first-order chi connectivity index (χ1) is 17.8. The van der Waals surface area contributed by atoms with Crippen LogP contribution in [0.2, 0.25) is 0 Å². The standard InChI is InChI=1S/C25H21F3N8O/c26-25(27,28)18-5-1-17(2-6-18)13-36-15-32-21-22(30-12-9-16-3-7-19(37)8-4-16)34-24(35-23(21)36)33-20-10-11-29-14-31-20/h1-8,10-11,14-15,37H,9,12-13H2,(H2,29,30,31,33,34,35). The monoisotopic (exact) mass is 506 g/mol. The molecule has 37 heavy (non-hydrogen) atoms. The zero-order chi connectivity index (χ0) is 25.8. The topological polar surface area (TPSA) is 114 Å². The fraction of sp³-hybridized carbons (Fsp3) is 0.160. The van der Waals surface area contributed by atoms with Gasteiger partial charge in [-0.2, -0.15) is 23.1 Å². The van der Waals surface area contributed by atoms with Crippen molar-refractivity contribution in [2.24, 2.45) is 0 Å². The molecule has 5 aromatic rings. The van der Waals surface area contributed by atoms with Crippen LogP contribution in [0.3, 0.4) is 0 Å². The number of benzene rings is 2. The van der Waals surface area contributed by atoms with Crippen LogP contribution in [0.5, 0.6) is 5.75 Å².